The summed E-state index contributed by atoms with van der Waals surface area (Å²) in [5, 5.41) is 14.0. The highest BCUT2D eigenvalue weighted by molar-refractivity contribution is 7.99. The number of thioether (sulfide) groups is 1. The second-order valence-corrected chi connectivity index (χ2v) is 5.57. The van der Waals surface area contributed by atoms with Gasteiger partial charge in [-0.3, -0.25) is 10.1 Å². The van der Waals surface area contributed by atoms with Crippen LogP contribution in [0.1, 0.15) is 16.9 Å². The van der Waals surface area contributed by atoms with Crippen LogP contribution in [0.2, 0.25) is 0 Å². The van der Waals surface area contributed by atoms with E-state index in [1.165, 1.54) is 19.2 Å². The molecule has 2 heterocycles. The topological polar surface area (TPSA) is 94.4 Å². The van der Waals surface area contributed by atoms with E-state index in [0.29, 0.717) is 12.5 Å². The number of carbonyl (C=O) groups is 1. The van der Waals surface area contributed by atoms with Gasteiger partial charge in [0.15, 0.2) is 5.69 Å². The molecule has 0 spiro atoms. The molecule has 20 heavy (non-hydrogen) atoms. The van der Waals surface area contributed by atoms with Crippen LogP contribution in [0.25, 0.3) is 0 Å². The number of anilines is 1. The Kier molecular flexibility index (Phi) is 4.78. The second-order valence-electron chi connectivity index (χ2n) is 4.42. The van der Waals surface area contributed by atoms with Gasteiger partial charge in [-0.05, 0) is 29.9 Å². The molecule has 8 heteroatoms. The number of pyridine rings is 1. The zero-order valence-electron chi connectivity index (χ0n) is 11.0. The predicted molar refractivity (Wildman–Crippen MR) is 76.2 cm³/mol. The van der Waals surface area contributed by atoms with Gasteiger partial charge >= 0.3 is 11.7 Å². The molecule has 0 aromatic carbocycles. The molecule has 1 aromatic rings. The summed E-state index contributed by atoms with van der Waals surface area (Å²) in [5.41, 5.74) is -0.0790. The molecular formula is C12H15N3O4S. The van der Waals surface area contributed by atoms with Gasteiger partial charge in [-0.2, -0.15) is 11.8 Å². The summed E-state index contributed by atoms with van der Waals surface area (Å²) in [4.78, 5) is 25.9. The number of methoxy groups -OCH3 is 1. The Morgan fingerprint density at radius 3 is 3.05 bits per heavy atom. The number of carbonyl (C=O) groups excluding carboxylic acids is 1. The number of nitrogens with one attached hydrogen (secondary N) is 1. The molecule has 2 rings (SSSR count). The minimum atomic E-state index is -0.612. The van der Waals surface area contributed by atoms with E-state index in [4.69, 9.17) is 0 Å². The van der Waals surface area contributed by atoms with Gasteiger partial charge in [0.1, 0.15) is 0 Å². The van der Waals surface area contributed by atoms with Gasteiger partial charge in [0, 0.05) is 12.6 Å². The Morgan fingerprint density at radius 2 is 2.45 bits per heavy atom. The van der Waals surface area contributed by atoms with Crippen LogP contribution >= 0.6 is 11.8 Å². The molecule has 0 bridgehead atoms. The van der Waals surface area contributed by atoms with E-state index in [1.807, 2.05) is 11.8 Å². The van der Waals surface area contributed by atoms with E-state index in [0.717, 1.165) is 17.9 Å². The first-order valence-electron chi connectivity index (χ1n) is 6.17. The Hall–Kier alpha value is -1.83. The van der Waals surface area contributed by atoms with Crippen molar-refractivity contribution < 1.29 is 14.5 Å². The van der Waals surface area contributed by atoms with Gasteiger partial charge in [0.25, 0.3) is 0 Å². The summed E-state index contributed by atoms with van der Waals surface area (Å²) in [6.45, 7) is 0.617. The lowest BCUT2D eigenvalue weighted by Crippen LogP contribution is -2.16. The number of rotatable bonds is 5. The third-order valence-corrected chi connectivity index (χ3v) is 4.28. The molecule has 0 radical (unpaired) electrons. The number of hydrogen-bond acceptors (Lipinski definition) is 7. The van der Waals surface area contributed by atoms with Gasteiger partial charge in [-0.15, -0.1) is 0 Å². The van der Waals surface area contributed by atoms with E-state index in [2.05, 4.69) is 15.0 Å². The van der Waals surface area contributed by atoms with Crippen LogP contribution in [-0.4, -0.2) is 41.0 Å². The summed E-state index contributed by atoms with van der Waals surface area (Å²) in [6.07, 6.45) is 1.09. The minimum Gasteiger partial charge on any atom is -0.464 e. The van der Waals surface area contributed by atoms with Crippen molar-refractivity contribution in [3.8, 4) is 0 Å². The lowest BCUT2D eigenvalue weighted by molar-refractivity contribution is -0.384. The van der Waals surface area contributed by atoms with E-state index in [1.54, 1.807) is 0 Å². The van der Waals surface area contributed by atoms with Crippen LogP contribution < -0.4 is 5.32 Å². The van der Waals surface area contributed by atoms with Crippen LogP contribution in [0.5, 0.6) is 0 Å². The van der Waals surface area contributed by atoms with Crippen molar-refractivity contribution >= 4 is 29.2 Å². The number of nitrogens with zero attached hydrogens (tertiary/aromatic N) is 2. The molecular weight excluding hydrogens is 282 g/mol. The molecule has 7 nitrogen and oxygen atoms in total. The molecule has 1 N–H and O–H groups in total. The molecule has 1 aliphatic rings. The molecule has 0 aliphatic carbocycles. The molecule has 1 atom stereocenters. The van der Waals surface area contributed by atoms with Crippen LogP contribution in [0, 0.1) is 16.0 Å². The third-order valence-electron chi connectivity index (χ3n) is 3.05. The lowest BCUT2D eigenvalue weighted by atomic mass is 10.1. The predicted octanol–water partition coefficient (Wildman–Crippen LogP) is 1.94. The zero-order valence-corrected chi connectivity index (χ0v) is 11.8. The summed E-state index contributed by atoms with van der Waals surface area (Å²) in [7, 11) is 1.24. The smallest absolute Gasteiger partial charge is 0.356 e. The Bertz CT molecular complexity index is 517. The number of esters is 1. The van der Waals surface area contributed by atoms with Crippen molar-refractivity contribution in [3.05, 3.63) is 27.9 Å². The Labute approximate surface area is 120 Å². The number of ether oxygens (including phenoxy) is 1. The second kappa shape index (κ2) is 6.56. The minimum absolute atomic E-state index is 0.0568. The average Bonchev–Trinajstić information content (AvgIpc) is 2.97. The average molecular weight is 297 g/mol. The van der Waals surface area contributed by atoms with Gasteiger partial charge in [0.2, 0.25) is 5.82 Å². The van der Waals surface area contributed by atoms with Crippen LogP contribution in [0.15, 0.2) is 12.1 Å². The van der Waals surface area contributed by atoms with Gasteiger partial charge in [-0.1, -0.05) is 0 Å². The fourth-order valence-electron chi connectivity index (χ4n) is 1.93. The van der Waals surface area contributed by atoms with Crippen molar-refractivity contribution in [1.29, 1.82) is 0 Å². The normalized spacial score (nSPS) is 17.8. The Balaban J connectivity index is 2.17. The number of hydrogen-bond donors (Lipinski definition) is 1. The first-order valence-corrected chi connectivity index (χ1v) is 7.32. The highest BCUT2D eigenvalue weighted by Gasteiger charge is 2.21. The molecule has 1 aromatic heterocycles. The number of aromatic nitrogens is 1. The molecule has 1 unspecified atom stereocenters. The molecule has 1 saturated heterocycles. The Morgan fingerprint density at radius 1 is 1.65 bits per heavy atom. The van der Waals surface area contributed by atoms with E-state index < -0.39 is 10.9 Å². The highest BCUT2D eigenvalue weighted by Crippen LogP contribution is 2.26. The highest BCUT2D eigenvalue weighted by atomic mass is 32.2. The number of nitro groups is 1. The lowest BCUT2D eigenvalue weighted by Gasteiger charge is -2.11. The van der Waals surface area contributed by atoms with Gasteiger partial charge in [-0.25, -0.2) is 9.78 Å². The van der Waals surface area contributed by atoms with E-state index >= 15 is 0 Å². The summed E-state index contributed by atoms with van der Waals surface area (Å²) in [5.74, 6) is 2.14. The fraction of sp³-hybridized carbons (Fsp3) is 0.500. The van der Waals surface area contributed by atoms with Crippen LogP contribution in [0.3, 0.4) is 0 Å². The van der Waals surface area contributed by atoms with E-state index in [-0.39, 0.29) is 17.2 Å². The maximum absolute atomic E-state index is 11.4. The van der Waals surface area contributed by atoms with Crippen molar-refractivity contribution in [1.82, 2.24) is 4.98 Å². The molecule has 1 fully saturated rings. The monoisotopic (exact) mass is 297 g/mol. The van der Waals surface area contributed by atoms with Crippen molar-refractivity contribution in [2.45, 2.75) is 6.42 Å². The third kappa shape index (κ3) is 3.38. The van der Waals surface area contributed by atoms with Gasteiger partial charge in [0.05, 0.1) is 12.0 Å². The largest absolute Gasteiger partial charge is 0.464 e. The standard InChI is InChI=1S/C12H15N3O4S/c1-19-12(16)9-2-3-10(15(17)18)11(14-9)13-6-8-4-5-20-7-8/h2-3,8H,4-7H2,1H3,(H,13,14). The molecule has 1 aliphatic heterocycles. The first kappa shape index (κ1) is 14.6. The molecule has 108 valence electrons. The van der Waals surface area contributed by atoms with Crippen LogP contribution in [0.4, 0.5) is 11.5 Å². The maximum Gasteiger partial charge on any atom is 0.356 e. The van der Waals surface area contributed by atoms with Gasteiger partial charge < -0.3 is 10.1 Å². The van der Waals surface area contributed by atoms with E-state index in [9.17, 15) is 14.9 Å². The van der Waals surface area contributed by atoms with Crippen molar-refractivity contribution in [2.75, 3.05) is 30.5 Å². The molecule has 0 saturated carbocycles. The molecule has 0 amide bonds. The fourth-order valence-corrected chi connectivity index (χ4v) is 3.22. The summed E-state index contributed by atoms with van der Waals surface area (Å²) >= 11 is 1.87. The van der Waals surface area contributed by atoms with Crippen molar-refractivity contribution in [3.63, 3.8) is 0 Å². The van der Waals surface area contributed by atoms with Crippen LogP contribution in [-0.2, 0) is 4.74 Å². The van der Waals surface area contributed by atoms with Crippen molar-refractivity contribution in [2.24, 2.45) is 5.92 Å². The zero-order chi connectivity index (χ0) is 14.5. The summed E-state index contributed by atoms with van der Waals surface area (Å²) < 4.78 is 4.57. The maximum atomic E-state index is 11.4. The first-order chi connectivity index (χ1) is 9.61. The SMILES string of the molecule is COC(=O)c1ccc([N+](=O)[O-])c(NCC2CCSC2)n1. The quantitative estimate of drug-likeness (QED) is 0.504. The summed E-state index contributed by atoms with van der Waals surface area (Å²) in [6, 6.07) is 2.56.